The van der Waals surface area contributed by atoms with E-state index in [9.17, 15) is 9.90 Å². The molecule has 1 aliphatic heterocycles. The van der Waals surface area contributed by atoms with Crippen LogP contribution in [0.25, 0.3) is 0 Å². The van der Waals surface area contributed by atoms with Gasteiger partial charge in [-0.25, -0.2) is 4.79 Å². The quantitative estimate of drug-likeness (QED) is 0.737. The summed E-state index contributed by atoms with van der Waals surface area (Å²) >= 11 is 0. The number of hydrogen-bond donors (Lipinski definition) is 2. The van der Waals surface area contributed by atoms with Crippen LogP contribution in [0.15, 0.2) is 30.4 Å². The molecule has 3 atom stereocenters. The summed E-state index contributed by atoms with van der Waals surface area (Å²) in [5.74, 6) is -0.702. The van der Waals surface area contributed by atoms with Crippen LogP contribution in [0.1, 0.15) is 23.5 Å². The topological polar surface area (TPSA) is 73.1 Å². The maximum atomic E-state index is 11.3. The van der Waals surface area contributed by atoms with Gasteiger partial charge in [0, 0.05) is 11.8 Å². The molecule has 4 nitrogen and oxygen atoms in total. The van der Waals surface area contributed by atoms with Crippen LogP contribution in [0.2, 0.25) is 0 Å². The van der Waals surface area contributed by atoms with Gasteiger partial charge in [-0.1, -0.05) is 24.3 Å². The Morgan fingerprint density at radius 2 is 2.33 bits per heavy atom. The summed E-state index contributed by atoms with van der Waals surface area (Å²) in [6.45, 7) is 0. The average molecular weight is 240 g/mol. The van der Waals surface area contributed by atoms with E-state index in [0.29, 0.717) is 11.3 Å². The first-order valence-corrected chi connectivity index (χ1v) is 5.91. The number of aliphatic carboxylic acids is 1. The first kappa shape index (κ1) is 10.8. The van der Waals surface area contributed by atoms with Crippen molar-refractivity contribution in [2.45, 2.75) is 18.4 Å². The Kier molecular flexibility index (Phi) is 2.34. The molecule has 0 amide bonds. The number of nitrogens with one attached hydrogen (secondary N) is 1. The number of carboxylic acid groups (broad SMARTS) is 1. The summed E-state index contributed by atoms with van der Waals surface area (Å²) in [7, 11) is 0. The fraction of sp³-hybridized carbons (Fsp3) is 0.286. The van der Waals surface area contributed by atoms with E-state index in [-0.39, 0.29) is 11.8 Å². The number of carboxylic acids is 1. The zero-order valence-corrected chi connectivity index (χ0v) is 9.63. The summed E-state index contributed by atoms with van der Waals surface area (Å²) in [6, 6.07) is 7.03. The molecule has 1 heterocycles. The molecule has 0 aromatic heterocycles. The third kappa shape index (κ3) is 1.41. The highest BCUT2D eigenvalue weighted by Crippen LogP contribution is 2.45. The van der Waals surface area contributed by atoms with Crippen molar-refractivity contribution >= 4 is 11.7 Å². The van der Waals surface area contributed by atoms with Crippen molar-refractivity contribution in [2.24, 2.45) is 5.92 Å². The number of fused-ring (bicyclic) bond motifs is 3. The van der Waals surface area contributed by atoms with Gasteiger partial charge in [-0.05, 0) is 18.1 Å². The van der Waals surface area contributed by atoms with Crippen molar-refractivity contribution in [1.29, 1.82) is 5.26 Å². The van der Waals surface area contributed by atoms with Crippen LogP contribution in [-0.4, -0.2) is 17.1 Å². The number of para-hydroxylation sites is 1. The minimum Gasteiger partial charge on any atom is -0.480 e. The van der Waals surface area contributed by atoms with E-state index < -0.39 is 12.0 Å². The van der Waals surface area contributed by atoms with Gasteiger partial charge in [0.25, 0.3) is 0 Å². The lowest BCUT2D eigenvalue weighted by atomic mass is 9.78. The van der Waals surface area contributed by atoms with E-state index in [4.69, 9.17) is 5.26 Å². The molecular weight excluding hydrogens is 228 g/mol. The van der Waals surface area contributed by atoms with E-state index in [1.807, 2.05) is 18.2 Å². The molecule has 2 N–H and O–H groups in total. The maximum absolute atomic E-state index is 11.3. The smallest absolute Gasteiger partial charge is 0.326 e. The van der Waals surface area contributed by atoms with Gasteiger partial charge in [0.05, 0.1) is 11.3 Å². The van der Waals surface area contributed by atoms with Crippen molar-refractivity contribution in [3.05, 3.63) is 41.5 Å². The summed E-state index contributed by atoms with van der Waals surface area (Å²) < 4.78 is 0. The molecular formula is C14H12N2O2. The number of anilines is 1. The van der Waals surface area contributed by atoms with Crippen LogP contribution in [-0.2, 0) is 4.79 Å². The van der Waals surface area contributed by atoms with Crippen molar-refractivity contribution in [3.63, 3.8) is 0 Å². The fourth-order valence-corrected chi connectivity index (χ4v) is 2.96. The monoisotopic (exact) mass is 240 g/mol. The molecule has 0 saturated heterocycles. The Labute approximate surface area is 105 Å². The summed E-state index contributed by atoms with van der Waals surface area (Å²) in [4.78, 5) is 11.3. The van der Waals surface area contributed by atoms with Gasteiger partial charge in [0.15, 0.2) is 0 Å². The first-order chi connectivity index (χ1) is 8.72. The number of allylic oxidation sites excluding steroid dienone is 2. The van der Waals surface area contributed by atoms with Gasteiger partial charge in [0.2, 0.25) is 0 Å². The normalized spacial score (nSPS) is 27.8. The predicted molar refractivity (Wildman–Crippen MR) is 66.2 cm³/mol. The van der Waals surface area contributed by atoms with Crippen LogP contribution < -0.4 is 5.32 Å². The van der Waals surface area contributed by atoms with Gasteiger partial charge < -0.3 is 10.4 Å². The Morgan fingerprint density at radius 1 is 1.50 bits per heavy atom. The molecule has 90 valence electrons. The van der Waals surface area contributed by atoms with E-state index in [0.717, 1.165) is 12.0 Å². The molecule has 2 aliphatic rings. The molecule has 1 aliphatic carbocycles. The lowest BCUT2D eigenvalue weighted by Gasteiger charge is -2.35. The number of benzene rings is 1. The van der Waals surface area contributed by atoms with Crippen molar-refractivity contribution in [1.82, 2.24) is 0 Å². The van der Waals surface area contributed by atoms with Crippen LogP contribution in [0.4, 0.5) is 5.69 Å². The van der Waals surface area contributed by atoms with Crippen LogP contribution in [0.5, 0.6) is 0 Å². The van der Waals surface area contributed by atoms with E-state index in [2.05, 4.69) is 17.5 Å². The van der Waals surface area contributed by atoms with Gasteiger partial charge in [-0.15, -0.1) is 0 Å². The zero-order valence-electron chi connectivity index (χ0n) is 9.63. The SMILES string of the molecule is N#Cc1cccc2c1N[C@H](C(=O)O)[C@H]1CC=C[C@H]21. The molecule has 3 rings (SSSR count). The zero-order chi connectivity index (χ0) is 12.7. The molecule has 4 heteroatoms. The lowest BCUT2D eigenvalue weighted by Crippen LogP contribution is -2.42. The number of carbonyl (C=O) groups is 1. The first-order valence-electron chi connectivity index (χ1n) is 5.91. The Hall–Kier alpha value is -2.28. The third-order valence-electron chi connectivity index (χ3n) is 3.78. The number of rotatable bonds is 1. The molecule has 0 unspecified atom stereocenters. The van der Waals surface area contributed by atoms with Crippen molar-refractivity contribution in [2.75, 3.05) is 5.32 Å². The minimum absolute atomic E-state index is 0.0453. The third-order valence-corrected chi connectivity index (χ3v) is 3.78. The average Bonchev–Trinajstić information content (AvgIpc) is 2.86. The molecule has 1 aromatic carbocycles. The van der Waals surface area contributed by atoms with E-state index >= 15 is 0 Å². The van der Waals surface area contributed by atoms with Crippen LogP contribution in [0.3, 0.4) is 0 Å². The molecule has 1 aromatic rings. The van der Waals surface area contributed by atoms with Crippen LogP contribution in [0, 0.1) is 17.2 Å². The van der Waals surface area contributed by atoms with Gasteiger partial charge in [0.1, 0.15) is 12.1 Å². The summed E-state index contributed by atoms with van der Waals surface area (Å²) in [5.41, 5.74) is 2.23. The van der Waals surface area contributed by atoms with Gasteiger partial charge >= 0.3 is 5.97 Å². The molecule has 0 bridgehead atoms. The Bertz CT molecular complexity index is 586. The van der Waals surface area contributed by atoms with Crippen LogP contribution >= 0.6 is 0 Å². The largest absolute Gasteiger partial charge is 0.480 e. The number of nitriles is 1. The van der Waals surface area contributed by atoms with E-state index in [1.54, 1.807) is 6.07 Å². The lowest BCUT2D eigenvalue weighted by molar-refractivity contribution is -0.139. The molecule has 18 heavy (non-hydrogen) atoms. The molecule has 0 spiro atoms. The standard InChI is InChI=1S/C14H12N2O2/c15-7-8-3-1-5-10-9-4-2-6-11(9)13(14(17)18)16-12(8)10/h1-5,9,11,13,16H,6H2,(H,17,18)/t9-,11+,13+/m1/s1. The highest BCUT2D eigenvalue weighted by Gasteiger charge is 2.41. The van der Waals surface area contributed by atoms with Gasteiger partial charge in [-0.2, -0.15) is 5.26 Å². The highest BCUT2D eigenvalue weighted by atomic mass is 16.4. The molecule has 0 fully saturated rings. The maximum Gasteiger partial charge on any atom is 0.326 e. The molecule has 0 saturated carbocycles. The van der Waals surface area contributed by atoms with Crippen molar-refractivity contribution < 1.29 is 9.90 Å². The van der Waals surface area contributed by atoms with Crippen molar-refractivity contribution in [3.8, 4) is 6.07 Å². The highest BCUT2D eigenvalue weighted by molar-refractivity contribution is 5.82. The molecule has 0 radical (unpaired) electrons. The predicted octanol–water partition coefficient (Wildman–Crippen LogP) is 2.10. The fourth-order valence-electron chi connectivity index (χ4n) is 2.96. The summed E-state index contributed by atoms with van der Waals surface area (Å²) in [6.07, 6.45) is 4.85. The minimum atomic E-state index is -0.855. The van der Waals surface area contributed by atoms with Gasteiger partial charge in [-0.3, -0.25) is 0 Å². The van der Waals surface area contributed by atoms with E-state index in [1.165, 1.54) is 0 Å². The second-order valence-corrected chi connectivity index (χ2v) is 4.70. The number of hydrogen-bond acceptors (Lipinski definition) is 3. The number of nitrogens with zero attached hydrogens (tertiary/aromatic N) is 1. The second kappa shape index (κ2) is 3.88. The second-order valence-electron chi connectivity index (χ2n) is 4.70. The Balaban J connectivity index is 2.15. The summed E-state index contributed by atoms with van der Waals surface area (Å²) in [5, 5.41) is 21.4. The Morgan fingerprint density at radius 3 is 3.06 bits per heavy atom.